The number of nitrogens with one attached hydrogen (secondary N) is 1. The van der Waals surface area contributed by atoms with Crippen molar-refractivity contribution in [2.75, 3.05) is 0 Å². The number of halogens is 1. The molecule has 0 amide bonds. The summed E-state index contributed by atoms with van der Waals surface area (Å²) in [7, 11) is 0. The molecular weight excluding hydrogens is 455 g/mol. The van der Waals surface area contributed by atoms with Gasteiger partial charge in [-0.05, 0) is 86.9 Å². The fraction of sp³-hybridized carbons (Fsp3) is 0.414. The molecule has 2 aromatic carbocycles. The molecule has 2 heterocycles. The molecule has 1 fully saturated rings. The molecule has 0 aliphatic heterocycles. The molecule has 0 unspecified atom stereocenters. The number of nitriles is 1. The first-order chi connectivity index (χ1) is 17.1. The molecule has 1 aliphatic carbocycles. The molecular formula is C29H31FN4O2. The first-order valence-electron chi connectivity index (χ1n) is 12.4. The molecule has 1 saturated carbocycles. The zero-order valence-electron chi connectivity index (χ0n) is 21.2. The normalized spacial score (nSPS) is 20.6. The molecule has 0 atom stereocenters. The number of nitrogens with zero attached hydrogens (tertiary/aromatic N) is 3. The van der Waals surface area contributed by atoms with E-state index in [1.807, 2.05) is 13.0 Å². The lowest BCUT2D eigenvalue weighted by Gasteiger charge is -2.36. The van der Waals surface area contributed by atoms with Crippen LogP contribution in [0.3, 0.4) is 0 Å². The van der Waals surface area contributed by atoms with Gasteiger partial charge in [-0.25, -0.2) is 4.39 Å². The number of carboxylic acid groups (broad SMARTS) is 1. The molecule has 36 heavy (non-hydrogen) atoms. The number of fused-ring (bicyclic) bond motifs is 2. The lowest BCUT2D eigenvalue weighted by Crippen LogP contribution is -2.32. The van der Waals surface area contributed by atoms with Crippen LogP contribution < -0.4 is 0 Å². The van der Waals surface area contributed by atoms with Gasteiger partial charge in [-0.2, -0.15) is 10.4 Å². The van der Waals surface area contributed by atoms with Crippen molar-refractivity contribution in [3.63, 3.8) is 0 Å². The highest BCUT2D eigenvalue weighted by Crippen LogP contribution is 2.50. The molecule has 2 aromatic heterocycles. The Labute approximate surface area is 209 Å². The number of aromatic amines is 1. The van der Waals surface area contributed by atoms with Crippen LogP contribution in [-0.4, -0.2) is 25.8 Å². The average Bonchev–Trinajstić information content (AvgIpc) is 3.42. The molecule has 186 valence electrons. The van der Waals surface area contributed by atoms with Crippen LogP contribution >= 0.6 is 0 Å². The lowest BCUT2D eigenvalue weighted by atomic mass is 9.68. The minimum atomic E-state index is -0.741. The van der Waals surface area contributed by atoms with Crippen molar-refractivity contribution in [2.24, 2.45) is 5.41 Å². The van der Waals surface area contributed by atoms with Crippen molar-refractivity contribution >= 4 is 27.8 Å². The van der Waals surface area contributed by atoms with E-state index in [1.165, 1.54) is 6.07 Å². The van der Waals surface area contributed by atoms with Crippen LogP contribution in [0.5, 0.6) is 0 Å². The second-order valence-corrected chi connectivity index (χ2v) is 11.2. The Bertz CT molecular complexity index is 1530. The highest BCUT2D eigenvalue weighted by Gasteiger charge is 2.41. The molecule has 1 aliphatic rings. The summed E-state index contributed by atoms with van der Waals surface area (Å²) >= 11 is 0. The quantitative estimate of drug-likeness (QED) is 0.321. The van der Waals surface area contributed by atoms with Crippen LogP contribution in [0.2, 0.25) is 0 Å². The fourth-order valence-electron chi connectivity index (χ4n) is 5.90. The number of benzene rings is 2. The van der Waals surface area contributed by atoms with Crippen LogP contribution in [0.15, 0.2) is 36.5 Å². The third-order valence-corrected chi connectivity index (χ3v) is 8.14. The smallest absolute Gasteiger partial charge is 0.309 e. The van der Waals surface area contributed by atoms with Gasteiger partial charge in [0.1, 0.15) is 5.82 Å². The van der Waals surface area contributed by atoms with Crippen molar-refractivity contribution in [1.29, 1.82) is 5.26 Å². The Morgan fingerprint density at radius 1 is 1.31 bits per heavy atom. The van der Waals surface area contributed by atoms with E-state index < -0.39 is 16.8 Å². The van der Waals surface area contributed by atoms with E-state index in [9.17, 15) is 19.6 Å². The van der Waals surface area contributed by atoms with Crippen molar-refractivity contribution in [3.8, 4) is 11.8 Å². The summed E-state index contributed by atoms with van der Waals surface area (Å²) in [5.41, 5.74) is 4.29. The Hall–Kier alpha value is -3.66. The first kappa shape index (κ1) is 24.1. The number of hydrogen-bond acceptors (Lipinski definition) is 3. The highest BCUT2D eigenvalue weighted by molar-refractivity contribution is 5.99. The van der Waals surface area contributed by atoms with Gasteiger partial charge in [0.15, 0.2) is 0 Å². The lowest BCUT2D eigenvalue weighted by molar-refractivity contribution is -0.149. The standard InChI is InChI=1S/C29H31FN4O2/c1-17-13-20(5-6-22(17)30)34-24-14-19-16-32-33-23(19)15-21(24)25(26(34)28(2,3)11-12-31)18-7-9-29(4,10-8-18)27(35)36/h5-6,13-16,18H,7-11H2,1-4H3,(H,32,33)(H,35,36)/t18-,29-. The number of hydrogen-bond donors (Lipinski definition) is 2. The molecule has 0 saturated heterocycles. The predicted molar refractivity (Wildman–Crippen MR) is 138 cm³/mol. The molecule has 0 spiro atoms. The number of H-pyrrole nitrogens is 1. The summed E-state index contributed by atoms with van der Waals surface area (Å²) in [5, 5.41) is 28.9. The first-order valence-corrected chi connectivity index (χ1v) is 12.4. The SMILES string of the molecule is Cc1cc(-n2c(C(C)(C)CC#N)c([C@H]3CC[C@](C)(C(=O)O)CC3)c3cc4[nH]ncc4cc32)ccc1F. The number of carboxylic acids is 1. The number of aromatic nitrogens is 3. The van der Waals surface area contributed by atoms with Crippen molar-refractivity contribution in [1.82, 2.24) is 14.8 Å². The summed E-state index contributed by atoms with van der Waals surface area (Å²) in [6.45, 7) is 7.76. The number of rotatable bonds is 5. The fourth-order valence-corrected chi connectivity index (χ4v) is 5.90. The average molecular weight is 487 g/mol. The maximum atomic E-state index is 14.3. The van der Waals surface area contributed by atoms with E-state index in [0.717, 1.165) is 51.6 Å². The van der Waals surface area contributed by atoms with Gasteiger partial charge in [0.2, 0.25) is 0 Å². The third kappa shape index (κ3) is 3.76. The van der Waals surface area contributed by atoms with Gasteiger partial charge in [0, 0.05) is 34.0 Å². The summed E-state index contributed by atoms with van der Waals surface area (Å²) in [6, 6.07) is 11.7. The minimum absolute atomic E-state index is 0.149. The van der Waals surface area contributed by atoms with E-state index >= 15 is 0 Å². The van der Waals surface area contributed by atoms with Crippen molar-refractivity contribution in [3.05, 3.63) is 59.2 Å². The Morgan fingerprint density at radius 2 is 2.03 bits per heavy atom. The largest absolute Gasteiger partial charge is 0.481 e. The van der Waals surface area contributed by atoms with Crippen LogP contribution in [0, 0.1) is 29.5 Å². The molecule has 2 N–H and O–H groups in total. The molecule has 5 rings (SSSR count). The topological polar surface area (TPSA) is 94.7 Å². The molecule has 7 heteroatoms. The van der Waals surface area contributed by atoms with Crippen LogP contribution in [0.1, 0.15) is 75.6 Å². The van der Waals surface area contributed by atoms with Crippen LogP contribution in [0.25, 0.3) is 27.5 Å². The van der Waals surface area contributed by atoms with Gasteiger partial charge < -0.3 is 9.67 Å². The van der Waals surface area contributed by atoms with E-state index in [4.69, 9.17) is 0 Å². The Balaban J connectivity index is 1.83. The molecule has 6 nitrogen and oxygen atoms in total. The van der Waals surface area contributed by atoms with Crippen LogP contribution in [0.4, 0.5) is 4.39 Å². The molecule has 0 bridgehead atoms. The highest BCUT2D eigenvalue weighted by atomic mass is 19.1. The van der Waals surface area contributed by atoms with Gasteiger partial charge in [-0.3, -0.25) is 9.89 Å². The summed E-state index contributed by atoms with van der Waals surface area (Å²) in [6.07, 6.45) is 4.80. The molecule has 0 radical (unpaired) electrons. The minimum Gasteiger partial charge on any atom is -0.481 e. The second-order valence-electron chi connectivity index (χ2n) is 11.2. The van der Waals surface area contributed by atoms with Crippen LogP contribution in [-0.2, 0) is 10.2 Å². The van der Waals surface area contributed by atoms with Gasteiger partial charge in [-0.15, -0.1) is 0 Å². The van der Waals surface area contributed by atoms with E-state index in [0.29, 0.717) is 24.8 Å². The summed E-state index contributed by atoms with van der Waals surface area (Å²) in [5.74, 6) is -0.851. The second kappa shape index (κ2) is 8.48. The van der Waals surface area contributed by atoms with Gasteiger partial charge in [0.05, 0.1) is 28.7 Å². The number of aliphatic carboxylic acids is 1. The zero-order chi connectivity index (χ0) is 25.8. The maximum absolute atomic E-state index is 14.3. The Kier molecular flexibility index (Phi) is 5.66. The summed E-state index contributed by atoms with van der Waals surface area (Å²) in [4.78, 5) is 11.9. The van der Waals surface area contributed by atoms with E-state index in [2.05, 4.69) is 46.8 Å². The monoisotopic (exact) mass is 486 g/mol. The number of aryl methyl sites for hydroxylation is 1. The van der Waals surface area contributed by atoms with Gasteiger partial charge in [0.25, 0.3) is 0 Å². The van der Waals surface area contributed by atoms with Gasteiger partial charge in [-0.1, -0.05) is 13.8 Å². The third-order valence-electron chi connectivity index (χ3n) is 8.14. The van der Waals surface area contributed by atoms with Gasteiger partial charge >= 0.3 is 5.97 Å². The Morgan fingerprint density at radius 3 is 2.67 bits per heavy atom. The molecule has 4 aromatic rings. The number of carbonyl (C=O) groups is 1. The zero-order valence-corrected chi connectivity index (χ0v) is 21.2. The maximum Gasteiger partial charge on any atom is 0.309 e. The predicted octanol–water partition coefficient (Wildman–Crippen LogP) is 6.89. The summed E-state index contributed by atoms with van der Waals surface area (Å²) < 4.78 is 16.5. The van der Waals surface area contributed by atoms with E-state index in [1.54, 1.807) is 19.2 Å². The van der Waals surface area contributed by atoms with Crippen molar-refractivity contribution in [2.45, 2.75) is 71.1 Å². The van der Waals surface area contributed by atoms with Crippen molar-refractivity contribution < 1.29 is 14.3 Å². The van der Waals surface area contributed by atoms with E-state index in [-0.39, 0.29) is 11.7 Å².